The second-order valence-corrected chi connectivity index (χ2v) is 6.29. The van der Waals surface area contributed by atoms with Gasteiger partial charge in [0.25, 0.3) is 0 Å². The van der Waals surface area contributed by atoms with Gasteiger partial charge in [-0.25, -0.2) is 8.42 Å². The molecule has 0 aliphatic carbocycles. The second-order valence-electron chi connectivity index (χ2n) is 4.03. The molecule has 4 nitrogen and oxygen atoms in total. The van der Waals surface area contributed by atoms with Crippen molar-refractivity contribution in [1.82, 2.24) is 4.31 Å². The van der Waals surface area contributed by atoms with Crippen LogP contribution < -0.4 is 0 Å². The summed E-state index contributed by atoms with van der Waals surface area (Å²) in [5.41, 5.74) is -2.37. The predicted molar refractivity (Wildman–Crippen MR) is 56.1 cm³/mol. The Labute approximate surface area is 98.8 Å². The standard InChI is InChI=1S/C9H16F3NO3S/c1-3-17(14,15)13-6-4-5-8(7-13,16-2)9(10,11)12/h3-7H2,1-2H3/t8-/m0/s1. The molecule has 1 heterocycles. The highest BCUT2D eigenvalue weighted by molar-refractivity contribution is 7.89. The van der Waals surface area contributed by atoms with Gasteiger partial charge >= 0.3 is 6.18 Å². The summed E-state index contributed by atoms with van der Waals surface area (Å²) in [4.78, 5) is 0. The molecule has 0 bridgehead atoms. The molecule has 8 heteroatoms. The molecule has 1 rings (SSSR count). The van der Waals surface area contributed by atoms with E-state index < -0.39 is 28.3 Å². The van der Waals surface area contributed by atoms with Crippen molar-refractivity contribution in [1.29, 1.82) is 0 Å². The number of methoxy groups -OCH3 is 1. The van der Waals surface area contributed by atoms with E-state index in [1.807, 2.05) is 0 Å². The van der Waals surface area contributed by atoms with Crippen LogP contribution in [0.15, 0.2) is 0 Å². The average Bonchev–Trinajstić information content (AvgIpc) is 2.27. The van der Waals surface area contributed by atoms with E-state index in [1.54, 1.807) is 0 Å². The Morgan fingerprint density at radius 2 is 2.00 bits per heavy atom. The first-order valence-corrected chi connectivity index (χ1v) is 6.89. The number of hydrogen-bond acceptors (Lipinski definition) is 3. The minimum absolute atomic E-state index is 0.122. The first-order chi connectivity index (χ1) is 7.68. The van der Waals surface area contributed by atoms with Gasteiger partial charge < -0.3 is 4.74 Å². The van der Waals surface area contributed by atoms with Crippen molar-refractivity contribution in [2.45, 2.75) is 31.5 Å². The zero-order valence-corrected chi connectivity index (χ0v) is 10.6. The summed E-state index contributed by atoms with van der Waals surface area (Å²) in [6, 6.07) is 0. The minimum atomic E-state index is -4.57. The molecular weight excluding hydrogens is 259 g/mol. The van der Waals surface area contributed by atoms with Crippen LogP contribution in [0.4, 0.5) is 13.2 Å². The third-order valence-corrected chi connectivity index (χ3v) is 4.91. The summed E-state index contributed by atoms with van der Waals surface area (Å²) in [5, 5.41) is 0. The molecule has 0 spiro atoms. The van der Waals surface area contributed by atoms with Crippen LogP contribution in [0.2, 0.25) is 0 Å². The Morgan fingerprint density at radius 3 is 2.41 bits per heavy atom. The highest BCUT2D eigenvalue weighted by Crippen LogP contribution is 2.40. The van der Waals surface area contributed by atoms with Crippen LogP contribution in [-0.2, 0) is 14.8 Å². The van der Waals surface area contributed by atoms with Crippen LogP contribution in [0.1, 0.15) is 19.8 Å². The fraction of sp³-hybridized carbons (Fsp3) is 1.00. The highest BCUT2D eigenvalue weighted by atomic mass is 32.2. The lowest BCUT2D eigenvalue weighted by Crippen LogP contribution is -2.59. The fourth-order valence-corrected chi connectivity index (χ4v) is 3.10. The van der Waals surface area contributed by atoms with E-state index in [9.17, 15) is 21.6 Å². The van der Waals surface area contributed by atoms with E-state index in [0.717, 1.165) is 11.4 Å². The number of halogens is 3. The maximum absolute atomic E-state index is 12.9. The lowest BCUT2D eigenvalue weighted by atomic mass is 9.93. The van der Waals surface area contributed by atoms with E-state index >= 15 is 0 Å². The number of rotatable bonds is 3. The molecule has 0 aromatic carbocycles. The van der Waals surface area contributed by atoms with Gasteiger partial charge in [0.05, 0.1) is 12.3 Å². The van der Waals surface area contributed by atoms with E-state index in [-0.39, 0.29) is 25.1 Å². The van der Waals surface area contributed by atoms with Crippen molar-refractivity contribution in [3.8, 4) is 0 Å². The number of sulfonamides is 1. The molecule has 1 aliphatic rings. The minimum Gasteiger partial charge on any atom is -0.367 e. The summed E-state index contributed by atoms with van der Waals surface area (Å²) in [6.07, 6.45) is -4.63. The maximum Gasteiger partial charge on any atom is 0.418 e. The topological polar surface area (TPSA) is 46.6 Å². The molecule has 0 saturated carbocycles. The van der Waals surface area contributed by atoms with Gasteiger partial charge in [0, 0.05) is 13.7 Å². The van der Waals surface area contributed by atoms with Gasteiger partial charge in [-0.2, -0.15) is 17.5 Å². The first kappa shape index (κ1) is 14.7. The van der Waals surface area contributed by atoms with Gasteiger partial charge in [0.15, 0.2) is 5.60 Å². The molecular formula is C9H16F3NO3S. The van der Waals surface area contributed by atoms with Crippen LogP contribution in [0.5, 0.6) is 0 Å². The van der Waals surface area contributed by atoms with Crippen molar-refractivity contribution >= 4 is 10.0 Å². The first-order valence-electron chi connectivity index (χ1n) is 5.28. The van der Waals surface area contributed by atoms with Crippen LogP contribution in [0.3, 0.4) is 0 Å². The monoisotopic (exact) mass is 275 g/mol. The van der Waals surface area contributed by atoms with Crippen molar-refractivity contribution in [2.75, 3.05) is 26.0 Å². The highest BCUT2D eigenvalue weighted by Gasteiger charge is 2.58. The molecule has 0 radical (unpaired) electrons. The molecule has 1 fully saturated rings. The zero-order chi connectivity index (χ0) is 13.3. The van der Waals surface area contributed by atoms with E-state index in [0.29, 0.717) is 0 Å². The van der Waals surface area contributed by atoms with Gasteiger partial charge in [0.2, 0.25) is 10.0 Å². The summed E-state index contributed by atoms with van der Waals surface area (Å²) in [7, 11) is -2.64. The van der Waals surface area contributed by atoms with E-state index in [2.05, 4.69) is 4.74 Å². The smallest absolute Gasteiger partial charge is 0.367 e. The summed E-state index contributed by atoms with van der Waals surface area (Å²) < 4.78 is 67.4. The molecule has 0 aromatic heterocycles. The number of nitrogens with zero attached hydrogens (tertiary/aromatic N) is 1. The Balaban J connectivity index is 2.99. The average molecular weight is 275 g/mol. The molecule has 1 atom stereocenters. The third kappa shape index (κ3) is 2.74. The second kappa shape index (κ2) is 4.74. The fourth-order valence-electron chi connectivity index (χ4n) is 1.92. The number of piperidine rings is 1. The molecule has 1 saturated heterocycles. The normalized spacial score (nSPS) is 28.3. The Kier molecular flexibility index (Phi) is 4.10. The van der Waals surface area contributed by atoms with E-state index in [1.165, 1.54) is 6.92 Å². The van der Waals surface area contributed by atoms with Gasteiger partial charge in [-0.05, 0) is 19.8 Å². The molecule has 0 unspecified atom stereocenters. The predicted octanol–water partition coefficient (Wildman–Crippen LogP) is 1.38. The molecule has 17 heavy (non-hydrogen) atoms. The van der Waals surface area contributed by atoms with Gasteiger partial charge in [-0.15, -0.1) is 0 Å². The molecule has 102 valence electrons. The Morgan fingerprint density at radius 1 is 1.41 bits per heavy atom. The van der Waals surface area contributed by atoms with Gasteiger partial charge in [-0.1, -0.05) is 0 Å². The number of hydrogen-bond donors (Lipinski definition) is 0. The Hall–Kier alpha value is -0.340. The molecule has 1 aliphatic heterocycles. The van der Waals surface area contributed by atoms with Crippen LogP contribution in [0.25, 0.3) is 0 Å². The maximum atomic E-state index is 12.9. The van der Waals surface area contributed by atoms with Crippen molar-refractivity contribution in [2.24, 2.45) is 0 Å². The van der Waals surface area contributed by atoms with Crippen molar-refractivity contribution in [3.05, 3.63) is 0 Å². The van der Waals surface area contributed by atoms with Crippen LogP contribution in [0, 0.1) is 0 Å². The number of ether oxygens (including phenoxy) is 1. The quantitative estimate of drug-likeness (QED) is 0.781. The molecule has 0 amide bonds. The molecule has 0 aromatic rings. The lowest BCUT2D eigenvalue weighted by molar-refractivity contribution is -0.279. The van der Waals surface area contributed by atoms with Crippen LogP contribution >= 0.6 is 0 Å². The van der Waals surface area contributed by atoms with E-state index in [4.69, 9.17) is 0 Å². The summed E-state index contributed by atoms with van der Waals surface area (Å²) in [6.45, 7) is 0.881. The molecule has 0 N–H and O–H groups in total. The summed E-state index contributed by atoms with van der Waals surface area (Å²) >= 11 is 0. The zero-order valence-electron chi connectivity index (χ0n) is 9.75. The summed E-state index contributed by atoms with van der Waals surface area (Å²) in [5.74, 6) is -0.204. The van der Waals surface area contributed by atoms with Gasteiger partial charge in [-0.3, -0.25) is 0 Å². The largest absolute Gasteiger partial charge is 0.418 e. The van der Waals surface area contributed by atoms with Crippen molar-refractivity contribution in [3.63, 3.8) is 0 Å². The van der Waals surface area contributed by atoms with Crippen LogP contribution in [-0.4, -0.2) is 50.5 Å². The SMILES string of the molecule is CCS(=O)(=O)N1CCC[C@@](OC)(C(F)(F)F)C1. The third-order valence-electron chi connectivity index (χ3n) is 3.09. The van der Waals surface area contributed by atoms with Crippen molar-refractivity contribution < 1.29 is 26.3 Å². The van der Waals surface area contributed by atoms with Gasteiger partial charge in [0.1, 0.15) is 0 Å². The lowest BCUT2D eigenvalue weighted by Gasteiger charge is -2.41. The Bertz CT molecular complexity index is 368. The number of alkyl halides is 3.